The molecule has 1 aliphatic heterocycles. The largest absolute Gasteiger partial charge is 0.373 e. The number of nitrogens with zero attached hydrogens (tertiary/aromatic N) is 5. The summed E-state index contributed by atoms with van der Waals surface area (Å²) in [5.74, 6) is -0.549. The van der Waals surface area contributed by atoms with E-state index in [4.69, 9.17) is 32.9 Å². The van der Waals surface area contributed by atoms with E-state index in [1.165, 1.54) is 10.5 Å². The molecular weight excluding hydrogens is 492 g/mol. The Kier molecular flexibility index (Phi) is 5.62. The summed E-state index contributed by atoms with van der Waals surface area (Å²) in [6.07, 6.45) is 9.17. The fourth-order valence-corrected chi connectivity index (χ4v) is 4.95. The minimum Gasteiger partial charge on any atom is -0.373 e. The lowest BCUT2D eigenvalue weighted by Crippen LogP contribution is -2.23. The second-order valence-electron chi connectivity index (χ2n) is 9.21. The molecule has 0 spiro atoms. The predicted molar refractivity (Wildman–Crippen MR) is 131 cm³/mol. The maximum absolute atomic E-state index is 15.0. The summed E-state index contributed by atoms with van der Waals surface area (Å²) in [4.78, 5) is 22.4. The van der Waals surface area contributed by atoms with Gasteiger partial charge in [0, 0.05) is 41.1 Å². The number of aromatic nitrogens is 5. The quantitative estimate of drug-likeness (QED) is 0.351. The summed E-state index contributed by atoms with van der Waals surface area (Å²) in [6.45, 7) is 2.18. The molecule has 1 aromatic carbocycles. The Balaban J connectivity index is 1.45. The number of halogens is 3. The second-order valence-corrected chi connectivity index (χ2v) is 10.0. The smallest absolute Gasteiger partial charge is 0.277 e. The van der Waals surface area contributed by atoms with E-state index in [9.17, 15) is 9.18 Å². The average molecular weight is 514 g/mol. The van der Waals surface area contributed by atoms with Gasteiger partial charge in [-0.2, -0.15) is 5.10 Å². The predicted octanol–water partition coefficient (Wildman–Crippen LogP) is 5.68. The van der Waals surface area contributed by atoms with Gasteiger partial charge in [0.1, 0.15) is 16.5 Å². The van der Waals surface area contributed by atoms with Crippen LogP contribution in [0.2, 0.25) is 10.0 Å². The van der Waals surface area contributed by atoms with Crippen molar-refractivity contribution in [3.63, 3.8) is 0 Å². The molecule has 4 heterocycles. The third-order valence-corrected chi connectivity index (χ3v) is 7.41. The first kappa shape index (κ1) is 22.6. The number of hydrogen-bond acceptors (Lipinski definition) is 5. The summed E-state index contributed by atoms with van der Waals surface area (Å²) >= 11 is 12.2. The zero-order valence-electron chi connectivity index (χ0n) is 18.9. The van der Waals surface area contributed by atoms with Gasteiger partial charge >= 0.3 is 0 Å². The molecule has 2 fully saturated rings. The van der Waals surface area contributed by atoms with E-state index in [0.29, 0.717) is 30.5 Å². The number of benzene rings is 1. The van der Waals surface area contributed by atoms with Crippen LogP contribution >= 0.6 is 23.2 Å². The highest BCUT2D eigenvalue weighted by molar-refractivity contribution is 6.31. The fourth-order valence-electron chi connectivity index (χ4n) is 4.66. The molecule has 1 aliphatic carbocycles. The van der Waals surface area contributed by atoms with Crippen molar-refractivity contribution in [3.8, 4) is 11.3 Å². The van der Waals surface area contributed by atoms with E-state index >= 15 is 0 Å². The molecule has 0 amide bonds. The summed E-state index contributed by atoms with van der Waals surface area (Å²) < 4.78 is 24.4. The number of hydrogen-bond donors (Lipinski definition) is 0. The normalized spacial score (nSPS) is 20.5. The molecule has 10 heteroatoms. The lowest BCUT2D eigenvalue weighted by molar-refractivity contribution is 0.00454. The maximum atomic E-state index is 15.0. The monoisotopic (exact) mass is 513 g/mol. The topological polar surface area (TPSA) is 74.3 Å². The van der Waals surface area contributed by atoms with Gasteiger partial charge in [0.15, 0.2) is 5.65 Å². The molecule has 1 saturated carbocycles. The molecule has 35 heavy (non-hydrogen) atoms. The van der Waals surface area contributed by atoms with E-state index < -0.39 is 11.4 Å². The Morgan fingerprint density at radius 2 is 1.97 bits per heavy atom. The SMILES string of the molecule is Cc1nc2c(-c3ccc(Cl)cc3F)nc([C@H]3CCO[C@@H](c4cnn(C5CC5)c4)C3)cn2c(=O)c1Cl. The van der Waals surface area contributed by atoms with Crippen LogP contribution in [0.25, 0.3) is 16.9 Å². The van der Waals surface area contributed by atoms with E-state index in [0.717, 1.165) is 24.8 Å². The molecule has 2 atom stereocenters. The van der Waals surface area contributed by atoms with Crippen molar-refractivity contribution in [1.29, 1.82) is 0 Å². The van der Waals surface area contributed by atoms with Crippen molar-refractivity contribution in [3.05, 3.63) is 80.0 Å². The Labute approximate surface area is 210 Å². The first-order valence-corrected chi connectivity index (χ1v) is 12.3. The van der Waals surface area contributed by atoms with Crippen LogP contribution in [-0.4, -0.2) is 30.8 Å². The molecule has 0 radical (unpaired) electrons. The molecule has 3 aromatic heterocycles. The minimum atomic E-state index is -0.539. The zero-order valence-corrected chi connectivity index (χ0v) is 20.4. The molecule has 180 valence electrons. The highest BCUT2D eigenvalue weighted by Crippen LogP contribution is 2.40. The standard InChI is InChI=1S/C25H22Cl2FN5O2/c1-13-22(27)25(34)32-12-20(31-23(24(32)30-13)18-5-2-16(26)9-19(18)28)14-6-7-35-21(8-14)15-10-29-33(11-15)17-3-4-17/h2,5,9-12,14,17,21H,3-4,6-8H2,1H3/t14-,21+/m0/s1. The van der Waals surface area contributed by atoms with Gasteiger partial charge in [0.25, 0.3) is 5.56 Å². The van der Waals surface area contributed by atoms with Crippen LogP contribution in [0.3, 0.4) is 0 Å². The second kappa shape index (κ2) is 8.69. The molecule has 6 rings (SSSR count). The molecule has 4 aromatic rings. The van der Waals surface area contributed by atoms with Gasteiger partial charge in [-0.05, 0) is 50.8 Å². The molecule has 2 aliphatic rings. The lowest BCUT2D eigenvalue weighted by Gasteiger charge is -2.29. The summed E-state index contributed by atoms with van der Waals surface area (Å²) in [6, 6.07) is 4.87. The Morgan fingerprint density at radius 1 is 1.14 bits per heavy atom. The zero-order chi connectivity index (χ0) is 24.3. The van der Waals surface area contributed by atoms with Crippen LogP contribution in [0.1, 0.15) is 60.7 Å². The third kappa shape index (κ3) is 4.13. The van der Waals surface area contributed by atoms with Crippen LogP contribution in [0.15, 0.2) is 41.6 Å². The van der Waals surface area contributed by atoms with Gasteiger partial charge < -0.3 is 4.74 Å². The van der Waals surface area contributed by atoms with Gasteiger partial charge in [-0.25, -0.2) is 14.4 Å². The Hall–Kier alpha value is -2.81. The maximum Gasteiger partial charge on any atom is 0.277 e. The summed E-state index contributed by atoms with van der Waals surface area (Å²) in [7, 11) is 0. The third-order valence-electron chi connectivity index (χ3n) is 6.74. The van der Waals surface area contributed by atoms with Gasteiger partial charge in [0.2, 0.25) is 0 Å². The van der Waals surface area contributed by atoms with E-state index in [-0.39, 0.29) is 39.0 Å². The van der Waals surface area contributed by atoms with Crippen LogP contribution in [0, 0.1) is 12.7 Å². The van der Waals surface area contributed by atoms with Crippen molar-refractivity contribution in [2.45, 2.75) is 50.7 Å². The molecule has 0 N–H and O–H groups in total. The van der Waals surface area contributed by atoms with Crippen LogP contribution in [0.5, 0.6) is 0 Å². The van der Waals surface area contributed by atoms with Crippen LogP contribution in [-0.2, 0) is 4.74 Å². The van der Waals surface area contributed by atoms with Crippen LogP contribution in [0.4, 0.5) is 4.39 Å². The van der Waals surface area contributed by atoms with Gasteiger partial charge in [0.05, 0.1) is 29.7 Å². The van der Waals surface area contributed by atoms with Crippen molar-refractivity contribution < 1.29 is 9.13 Å². The van der Waals surface area contributed by atoms with E-state index in [1.807, 2.05) is 10.9 Å². The van der Waals surface area contributed by atoms with Gasteiger partial charge in [-0.15, -0.1) is 0 Å². The number of rotatable bonds is 4. The minimum absolute atomic E-state index is 0.0106. The highest BCUT2D eigenvalue weighted by atomic mass is 35.5. The number of fused-ring (bicyclic) bond motifs is 1. The highest BCUT2D eigenvalue weighted by Gasteiger charge is 2.30. The lowest BCUT2D eigenvalue weighted by atomic mass is 9.90. The molecular formula is C25H22Cl2FN5O2. The van der Waals surface area contributed by atoms with E-state index in [2.05, 4.69) is 16.3 Å². The molecule has 0 bridgehead atoms. The fraction of sp³-hybridized carbons (Fsp3) is 0.360. The van der Waals surface area contributed by atoms with E-state index in [1.54, 1.807) is 25.3 Å². The molecule has 0 unspecified atom stereocenters. The summed E-state index contributed by atoms with van der Waals surface area (Å²) in [5, 5.41) is 4.79. The average Bonchev–Trinajstić information content (AvgIpc) is 3.59. The van der Waals surface area contributed by atoms with Crippen molar-refractivity contribution >= 4 is 28.8 Å². The van der Waals surface area contributed by atoms with Crippen molar-refractivity contribution in [2.75, 3.05) is 6.61 Å². The van der Waals surface area contributed by atoms with Gasteiger partial charge in [-0.3, -0.25) is 13.9 Å². The Morgan fingerprint density at radius 3 is 2.74 bits per heavy atom. The number of aryl methyl sites for hydroxylation is 1. The van der Waals surface area contributed by atoms with Gasteiger partial charge in [-0.1, -0.05) is 23.2 Å². The summed E-state index contributed by atoms with van der Waals surface area (Å²) in [5.41, 5.74) is 2.38. The molecule has 7 nitrogen and oxygen atoms in total. The first-order valence-electron chi connectivity index (χ1n) is 11.6. The van der Waals surface area contributed by atoms with Crippen LogP contribution < -0.4 is 5.56 Å². The van der Waals surface area contributed by atoms with Crippen molar-refractivity contribution in [2.24, 2.45) is 0 Å². The first-order chi connectivity index (χ1) is 16.9. The number of ether oxygens (including phenoxy) is 1. The Bertz CT molecular complexity index is 1510. The van der Waals surface area contributed by atoms with Crippen molar-refractivity contribution in [1.82, 2.24) is 24.1 Å². The molecule has 1 saturated heterocycles.